The summed E-state index contributed by atoms with van der Waals surface area (Å²) in [7, 11) is 0. The summed E-state index contributed by atoms with van der Waals surface area (Å²) in [4.78, 5) is 0. The molecule has 0 spiro atoms. The van der Waals surface area contributed by atoms with Crippen molar-refractivity contribution in [2.45, 2.75) is 19.8 Å². The molecule has 2 nitrogen and oxygen atoms in total. The average molecular weight is 162 g/mol. The first kappa shape index (κ1) is 8.78. The lowest BCUT2D eigenvalue weighted by Crippen LogP contribution is -2.10. The summed E-state index contributed by atoms with van der Waals surface area (Å²) < 4.78 is 0. The number of hydrogen-bond acceptors (Lipinski definition) is 1. The number of amidine groups is 1. The molecule has 64 valence electrons. The maximum absolute atomic E-state index is 7.08. The fourth-order valence-corrected chi connectivity index (χ4v) is 1.15. The molecule has 1 aromatic carbocycles. The van der Waals surface area contributed by atoms with E-state index < -0.39 is 0 Å². The van der Waals surface area contributed by atoms with Crippen LogP contribution < -0.4 is 5.73 Å². The minimum absolute atomic E-state index is 0.261. The topological polar surface area (TPSA) is 49.9 Å². The van der Waals surface area contributed by atoms with E-state index in [-0.39, 0.29) is 5.84 Å². The smallest absolute Gasteiger partial charge is 0.0908 e. The normalized spacial score (nSPS) is 9.75. The monoisotopic (exact) mass is 162 g/mol. The number of nitrogens with two attached hydrogens (primary N) is 1. The van der Waals surface area contributed by atoms with Gasteiger partial charge in [-0.05, 0) is 18.9 Å². The predicted octanol–water partition coefficient (Wildman–Crippen LogP) is 1.86. The molecule has 1 aromatic rings. The zero-order valence-electron chi connectivity index (χ0n) is 7.30. The van der Waals surface area contributed by atoms with E-state index in [1.807, 2.05) is 6.07 Å². The Morgan fingerprint density at radius 2 is 2.25 bits per heavy atom. The van der Waals surface area contributed by atoms with Crippen molar-refractivity contribution < 1.29 is 0 Å². The van der Waals surface area contributed by atoms with Gasteiger partial charge in [0.25, 0.3) is 0 Å². The summed E-state index contributed by atoms with van der Waals surface area (Å²) in [6, 6.07) is 8.29. The van der Waals surface area contributed by atoms with Crippen molar-refractivity contribution in [3.63, 3.8) is 0 Å². The standard InChI is InChI=1S/C10H14N2/c1-8-3-2-4-9(7-8)5-6-10(11)12/h2-4,7H,5-6H2,1H3,(H3,11,12). The minimum Gasteiger partial charge on any atom is -0.388 e. The number of hydrogen-bond donors (Lipinski definition) is 2. The lowest BCUT2D eigenvalue weighted by Gasteiger charge is -2.00. The highest BCUT2D eigenvalue weighted by atomic mass is 14.7. The molecule has 12 heavy (non-hydrogen) atoms. The molecule has 0 bridgehead atoms. The highest BCUT2D eigenvalue weighted by Crippen LogP contribution is 2.05. The maximum Gasteiger partial charge on any atom is 0.0908 e. The van der Waals surface area contributed by atoms with Gasteiger partial charge in [0.15, 0.2) is 0 Å². The van der Waals surface area contributed by atoms with E-state index in [1.54, 1.807) is 0 Å². The van der Waals surface area contributed by atoms with E-state index in [9.17, 15) is 0 Å². The Hall–Kier alpha value is -1.31. The molecule has 0 heterocycles. The number of nitrogens with one attached hydrogen (secondary N) is 1. The Balaban J connectivity index is 2.57. The van der Waals surface area contributed by atoms with E-state index in [1.165, 1.54) is 11.1 Å². The summed E-state index contributed by atoms with van der Waals surface area (Å²) in [6.45, 7) is 2.07. The van der Waals surface area contributed by atoms with Crippen LogP contribution in [0, 0.1) is 12.3 Å². The van der Waals surface area contributed by atoms with Gasteiger partial charge in [-0.2, -0.15) is 0 Å². The SMILES string of the molecule is Cc1cccc(CCC(=N)N)c1. The van der Waals surface area contributed by atoms with Crippen LogP contribution >= 0.6 is 0 Å². The minimum atomic E-state index is 0.261. The molecule has 0 aromatic heterocycles. The fourth-order valence-electron chi connectivity index (χ4n) is 1.15. The van der Waals surface area contributed by atoms with E-state index >= 15 is 0 Å². The molecular weight excluding hydrogens is 148 g/mol. The van der Waals surface area contributed by atoms with Crippen molar-refractivity contribution in [1.82, 2.24) is 0 Å². The Bertz CT molecular complexity index is 279. The van der Waals surface area contributed by atoms with Crippen molar-refractivity contribution in [1.29, 1.82) is 5.41 Å². The lowest BCUT2D eigenvalue weighted by molar-refractivity contribution is 1.01. The molecule has 0 saturated heterocycles. The van der Waals surface area contributed by atoms with Gasteiger partial charge in [0.05, 0.1) is 5.84 Å². The molecule has 0 aliphatic heterocycles. The van der Waals surface area contributed by atoms with Crippen LogP contribution in [0.4, 0.5) is 0 Å². The summed E-state index contributed by atoms with van der Waals surface area (Å²) in [5, 5.41) is 7.08. The first-order chi connectivity index (χ1) is 5.68. The molecule has 0 aliphatic rings. The zero-order chi connectivity index (χ0) is 8.97. The van der Waals surface area contributed by atoms with Gasteiger partial charge in [-0.25, -0.2) is 0 Å². The van der Waals surface area contributed by atoms with Crippen LogP contribution in [0.1, 0.15) is 17.5 Å². The average Bonchev–Trinajstić information content (AvgIpc) is 2.01. The highest BCUT2D eigenvalue weighted by Gasteiger charge is 1.94. The Morgan fingerprint density at radius 1 is 1.50 bits per heavy atom. The second-order valence-corrected chi connectivity index (χ2v) is 3.01. The molecule has 0 amide bonds. The van der Waals surface area contributed by atoms with E-state index in [4.69, 9.17) is 11.1 Å². The molecule has 1 rings (SSSR count). The van der Waals surface area contributed by atoms with Crippen molar-refractivity contribution in [2.24, 2.45) is 5.73 Å². The van der Waals surface area contributed by atoms with Crippen LogP contribution in [-0.2, 0) is 6.42 Å². The van der Waals surface area contributed by atoms with Crippen molar-refractivity contribution in [3.8, 4) is 0 Å². The largest absolute Gasteiger partial charge is 0.388 e. The van der Waals surface area contributed by atoms with E-state index in [2.05, 4.69) is 25.1 Å². The summed E-state index contributed by atoms with van der Waals surface area (Å²) in [5.74, 6) is 0.261. The summed E-state index contributed by atoms with van der Waals surface area (Å²) >= 11 is 0. The molecule has 0 saturated carbocycles. The van der Waals surface area contributed by atoms with Gasteiger partial charge in [0.2, 0.25) is 0 Å². The predicted molar refractivity (Wildman–Crippen MR) is 51.4 cm³/mol. The van der Waals surface area contributed by atoms with Crippen LogP contribution in [0.3, 0.4) is 0 Å². The second kappa shape index (κ2) is 3.90. The third-order valence-electron chi connectivity index (χ3n) is 1.77. The van der Waals surface area contributed by atoms with Gasteiger partial charge in [-0.3, -0.25) is 5.41 Å². The Kier molecular flexibility index (Phi) is 2.86. The third kappa shape index (κ3) is 2.74. The molecule has 0 aliphatic carbocycles. The molecule has 0 unspecified atom stereocenters. The van der Waals surface area contributed by atoms with Crippen molar-refractivity contribution >= 4 is 5.84 Å². The highest BCUT2D eigenvalue weighted by molar-refractivity contribution is 5.77. The first-order valence-electron chi connectivity index (χ1n) is 4.07. The van der Waals surface area contributed by atoms with Gasteiger partial charge < -0.3 is 5.73 Å². The molecule has 0 radical (unpaired) electrons. The molecule has 0 atom stereocenters. The third-order valence-corrected chi connectivity index (χ3v) is 1.77. The Labute approximate surface area is 72.9 Å². The maximum atomic E-state index is 7.08. The lowest BCUT2D eigenvalue weighted by atomic mass is 10.1. The van der Waals surface area contributed by atoms with Crippen LogP contribution in [-0.4, -0.2) is 5.84 Å². The van der Waals surface area contributed by atoms with Crippen LogP contribution in [0.15, 0.2) is 24.3 Å². The van der Waals surface area contributed by atoms with Gasteiger partial charge in [-0.1, -0.05) is 29.8 Å². The van der Waals surface area contributed by atoms with Crippen LogP contribution in [0.25, 0.3) is 0 Å². The number of rotatable bonds is 3. The van der Waals surface area contributed by atoms with E-state index in [0.29, 0.717) is 6.42 Å². The number of aryl methyl sites for hydroxylation is 2. The Morgan fingerprint density at radius 3 is 2.83 bits per heavy atom. The van der Waals surface area contributed by atoms with Gasteiger partial charge in [-0.15, -0.1) is 0 Å². The molecular formula is C10H14N2. The molecule has 3 N–H and O–H groups in total. The van der Waals surface area contributed by atoms with Crippen LogP contribution in [0.5, 0.6) is 0 Å². The quantitative estimate of drug-likeness (QED) is 0.517. The summed E-state index contributed by atoms with van der Waals surface area (Å²) in [5.41, 5.74) is 7.78. The van der Waals surface area contributed by atoms with Gasteiger partial charge in [0, 0.05) is 6.42 Å². The second-order valence-electron chi connectivity index (χ2n) is 3.01. The first-order valence-corrected chi connectivity index (χ1v) is 4.07. The zero-order valence-corrected chi connectivity index (χ0v) is 7.30. The molecule has 2 heteroatoms. The van der Waals surface area contributed by atoms with Crippen molar-refractivity contribution in [3.05, 3.63) is 35.4 Å². The van der Waals surface area contributed by atoms with Crippen molar-refractivity contribution in [2.75, 3.05) is 0 Å². The van der Waals surface area contributed by atoms with Crippen LogP contribution in [0.2, 0.25) is 0 Å². The summed E-state index contributed by atoms with van der Waals surface area (Å²) in [6.07, 6.45) is 1.53. The van der Waals surface area contributed by atoms with Gasteiger partial charge in [0.1, 0.15) is 0 Å². The molecule has 0 fully saturated rings. The number of benzene rings is 1. The van der Waals surface area contributed by atoms with E-state index in [0.717, 1.165) is 6.42 Å². The van der Waals surface area contributed by atoms with Gasteiger partial charge >= 0.3 is 0 Å². The fraction of sp³-hybridized carbons (Fsp3) is 0.300.